The summed E-state index contributed by atoms with van der Waals surface area (Å²) < 4.78 is 12.1. The Morgan fingerprint density at radius 3 is 2.15 bits per heavy atom. The molecule has 0 aromatic heterocycles. The molecule has 3 heteroatoms. The van der Waals surface area contributed by atoms with Gasteiger partial charge in [0.25, 0.3) is 0 Å². The first-order chi connectivity index (χ1) is 15.7. The Labute approximate surface area is 203 Å². The van der Waals surface area contributed by atoms with Gasteiger partial charge in [-0.15, -0.1) is 0 Å². The average molecular weight is 457 g/mol. The fraction of sp³-hybridized carbons (Fsp3) is 0.733. The first kappa shape index (κ1) is 26.1. The van der Waals surface area contributed by atoms with Gasteiger partial charge in [0.1, 0.15) is 11.5 Å². The van der Waals surface area contributed by atoms with Gasteiger partial charge in [-0.25, -0.2) is 0 Å². The summed E-state index contributed by atoms with van der Waals surface area (Å²) in [6.45, 7) is 14.2. The molecule has 1 saturated carbocycles. The van der Waals surface area contributed by atoms with Gasteiger partial charge in [0, 0.05) is 11.5 Å². The van der Waals surface area contributed by atoms with Crippen molar-refractivity contribution in [2.45, 2.75) is 97.8 Å². The van der Waals surface area contributed by atoms with Crippen molar-refractivity contribution in [3.05, 3.63) is 34.9 Å². The van der Waals surface area contributed by atoms with Gasteiger partial charge < -0.3 is 14.6 Å². The number of methoxy groups -OCH3 is 2. The van der Waals surface area contributed by atoms with Crippen LogP contribution in [0.25, 0.3) is 0 Å². The van der Waals surface area contributed by atoms with Crippen LogP contribution in [0.3, 0.4) is 0 Å². The second kappa shape index (κ2) is 10.4. The molecule has 2 bridgehead atoms. The van der Waals surface area contributed by atoms with E-state index in [1.807, 2.05) is 0 Å². The van der Waals surface area contributed by atoms with E-state index in [2.05, 4.69) is 59.8 Å². The minimum absolute atomic E-state index is 0.0440. The van der Waals surface area contributed by atoms with Crippen LogP contribution >= 0.6 is 0 Å². The monoisotopic (exact) mass is 456 g/mol. The molecule has 4 rings (SSSR count). The van der Waals surface area contributed by atoms with E-state index < -0.39 is 0 Å². The van der Waals surface area contributed by atoms with Crippen molar-refractivity contribution in [1.29, 1.82) is 0 Å². The molecule has 1 N–H and O–H groups in total. The van der Waals surface area contributed by atoms with Crippen molar-refractivity contribution in [1.82, 2.24) is 0 Å². The van der Waals surface area contributed by atoms with E-state index in [9.17, 15) is 5.11 Å². The lowest BCUT2D eigenvalue weighted by Crippen LogP contribution is -2.51. The summed E-state index contributed by atoms with van der Waals surface area (Å²) in [5.41, 5.74) is 3.88. The number of fused-ring (bicyclic) bond motifs is 1. The van der Waals surface area contributed by atoms with Crippen molar-refractivity contribution in [2.75, 3.05) is 20.8 Å². The van der Waals surface area contributed by atoms with Crippen molar-refractivity contribution < 1.29 is 14.6 Å². The summed E-state index contributed by atoms with van der Waals surface area (Å²) in [5, 5.41) is 10.1. The van der Waals surface area contributed by atoms with Crippen LogP contribution in [0.1, 0.15) is 104 Å². The van der Waals surface area contributed by atoms with Crippen LogP contribution in [0.5, 0.6) is 11.5 Å². The normalized spacial score (nSPS) is 24.6. The zero-order chi connectivity index (χ0) is 24.4. The van der Waals surface area contributed by atoms with E-state index in [1.165, 1.54) is 49.7 Å². The largest absolute Gasteiger partial charge is 0.496 e. The fourth-order valence-corrected chi connectivity index (χ4v) is 6.84. The smallest absolute Gasteiger partial charge is 0.126 e. The second-order valence-corrected chi connectivity index (χ2v) is 11.6. The van der Waals surface area contributed by atoms with E-state index >= 15 is 0 Å². The van der Waals surface area contributed by atoms with Crippen LogP contribution in [0.15, 0.2) is 23.8 Å². The van der Waals surface area contributed by atoms with Crippen LogP contribution in [0.4, 0.5) is 0 Å². The molecule has 0 saturated heterocycles. The molecule has 3 aliphatic carbocycles. The molecule has 3 unspecified atom stereocenters. The second-order valence-electron chi connectivity index (χ2n) is 11.6. The van der Waals surface area contributed by atoms with E-state index in [1.54, 1.807) is 14.2 Å². The van der Waals surface area contributed by atoms with Crippen molar-refractivity contribution >= 4 is 0 Å². The minimum atomic E-state index is 0.0440. The van der Waals surface area contributed by atoms with Crippen LogP contribution in [0, 0.1) is 23.2 Å². The highest BCUT2D eigenvalue weighted by atomic mass is 16.5. The maximum absolute atomic E-state index is 10.1. The molecule has 0 radical (unpaired) electrons. The minimum Gasteiger partial charge on any atom is -0.496 e. The van der Waals surface area contributed by atoms with E-state index in [0.29, 0.717) is 17.8 Å². The molecule has 1 aromatic carbocycles. The third-order valence-electron chi connectivity index (χ3n) is 9.24. The summed E-state index contributed by atoms with van der Waals surface area (Å²) in [5.74, 6) is 3.75. The van der Waals surface area contributed by atoms with Gasteiger partial charge >= 0.3 is 0 Å². The van der Waals surface area contributed by atoms with Crippen LogP contribution in [0.2, 0.25) is 0 Å². The number of hydrogen-bond acceptors (Lipinski definition) is 3. The molecule has 1 aromatic rings. The van der Waals surface area contributed by atoms with E-state index in [0.717, 1.165) is 23.5 Å². The topological polar surface area (TPSA) is 38.7 Å². The predicted molar refractivity (Wildman–Crippen MR) is 138 cm³/mol. The molecule has 33 heavy (non-hydrogen) atoms. The Kier molecular flexibility index (Phi) is 8.25. The molecule has 3 nitrogen and oxygen atoms in total. The maximum Gasteiger partial charge on any atom is 0.126 e. The molecule has 0 spiro atoms. The number of allylic oxidation sites excluding steroid dienone is 1. The standard InChI is InChI=1S/C30H48O3/c1-9-11-12-14-21(13-10-2)29(3,4)22-16-26(32-7)28(27(17-22)33-8)23-15-20(19-31)24-18-25(23)30(24,5)6/h15-17,21,23-25,31H,9-14,18-19H2,1-8H3/t21?,23?,24?,25-/m0/s1. The maximum atomic E-state index is 10.1. The highest BCUT2D eigenvalue weighted by Crippen LogP contribution is 2.65. The van der Waals surface area contributed by atoms with Crippen molar-refractivity contribution in [3.63, 3.8) is 0 Å². The number of ether oxygens (including phenoxy) is 2. The van der Waals surface area contributed by atoms with Crippen LogP contribution in [-0.4, -0.2) is 25.9 Å². The highest BCUT2D eigenvalue weighted by molar-refractivity contribution is 5.55. The van der Waals surface area contributed by atoms with Crippen molar-refractivity contribution in [2.24, 2.45) is 23.2 Å². The number of aliphatic hydroxyl groups excluding tert-OH is 1. The Morgan fingerprint density at radius 1 is 1.03 bits per heavy atom. The van der Waals surface area contributed by atoms with Gasteiger partial charge in [0.15, 0.2) is 0 Å². The number of rotatable bonds is 12. The average Bonchev–Trinajstić information content (AvgIpc) is 2.81. The zero-order valence-corrected chi connectivity index (χ0v) is 22.5. The lowest BCUT2D eigenvalue weighted by atomic mass is 9.45. The summed E-state index contributed by atoms with van der Waals surface area (Å²) in [6, 6.07) is 4.56. The van der Waals surface area contributed by atoms with Crippen LogP contribution in [-0.2, 0) is 5.41 Å². The Balaban J connectivity index is 2.04. The first-order valence-electron chi connectivity index (χ1n) is 13.2. The summed E-state index contributed by atoms with van der Waals surface area (Å²) >= 11 is 0. The lowest BCUT2D eigenvalue weighted by molar-refractivity contribution is -0.0260. The first-order valence-corrected chi connectivity index (χ1v) is 13.2. The van der Waals surface area contributed by atoms with Crippen LogP contribution < -0.4 is 9.47 Å². The Bertz CT molecular complexity index is 810. The van der Waals surface area contributed by atoms with Crippen molar-refractivity contribution in [3.8, 4) is 11.5 Å². The molecule has 0 aliphatic heterocycles. The molecule has 0 heterocycles. The van der Waals surface area contributed by atoms with Gasteiger partial charge in [-0.2, -0.15) is 0 Å². The molecular formula is C30H48O3. The van der Waals surface area contributed by atoms with Gasteiger partial charge in [-0.1, -0.05) is 73.3 Å². The molecule has 0 amide bonds. The Hall–Kier alpha value is -1.48. The quantitative estimate of drug-likeness (QED) is 0.259. The summed E-state index contributed by atoms with van der Waals surface area (Å²) in [6.07, 6.45) is 11.0. The van der Waals surface area contributed by atoms with Gasteiger partial charge in [0.2, 0.25) is 0 Å². The molecule has 186 valence electrons. The Morgan fingerprint density at radius 2 is 1.67 bits per heavy atom. The summed E-state index contributed by atoms with van der Waals surface area (Å²) in [4.78, 5) is 0. The summed E-state index contributed by atoms with van der Waals surface area (Å²) in [7, 11) is 3.57. The number of hydrogen-bond donors (Lipinski definition) is 1. The fourth-order valence-electron chi connectivity index (χ4n) is 6.84. The number of unbranched alkanes of at least 4 members (excludes halogenated alkanes) is 2. The zero-order valence-electron chi connectivity index (χ0n) is 22.5. The predicted octanol–water partition coefficient (Wildman–Crippen LogP) is 7.66. The molecule has 4 atom stereocenters. The van der Waals surface area contributed by atoms with Gasteiger partial charge in [-0.3, -0.25) is 0 Å². The number of benzene rings is 1. The number of aliphatic hydroxyl groups is 1. The third kappa shape index (κ3) is 4.72. The third-order valence-corrected chi connectivity index (χ3v) is 9.24. The molecule has 1 fully saturated rings. The van der Waals surface area contributed by atoms with Gasteiger partial charge in [0.05, 0.1) is 20.8 Å². The lowest BCUT2D eigenvalue weighted by Gasteiger charge is -2.59. The molecule has 3 aliphatic rings. The van der Waals surface area contributed by atoms with Gasteiger partial charge in [-0.05, 0) is 71.1 Å². The SMILES string of the molecule is CCCCCC(CCC)C(C)(C)c1cc(OC)c(C2C=C(CO)C3C[C@@H]2C3(C)C)c(OC)c1. The highest BCUT2D eigenvalue weighted by Gasteiger charge is 2.56. The molecular weight excluding hydrogens is 408 g/mol. The van der Waals surface area contributed by atoms with E-state index in [-0.39, 0.29) is 23.4 Å². The van der Waals surface area contributed by atoms with E-state index in [4.69, 9.17) is 9.47 Å².